The lowest BCUT2D eigenvalue weighted by Gasteiger charge is -2.14. The minimum Gasteiger partial charge on any atom is -0.366 e. The van der Waals surface area contributed by atoms with Gasteiger partial charge in [0.2, 0.25) is 5.95 Å². The summed E-state index contributed by atoms with van der Waals surface area (Å²) in [6.45, 7) is 4.65. The van der Waals surface area contributed by atoms with Crippen LogP contribution in [0.15, 0.2) is 54.7 Å². The lowest BCUT2D eigenvalue weighted by atomic mass is 10.2. The number of hydrogen-bond donors (Lipinski definition) is 2. The first-order chi connectivity index (χ1) is 12.6. The van der Waals surface area contributed by atoms with Gasteiger partial charge in [0.1, 0.15) is 11.6 Å². The zero-order valence-electron chi connectivity index (χ0n) is 14.9. The Kier molecular flexibility index (Phi) is 5.73. The lowest BCUT2D eigenvalue weighted by molar-refractivity contribution is 0.626. The van der Waals surface area contributed by atoms with Crippen molar-refractivity contribution < 1.29 is 4.39 Å². The predicted octanol–water partition coefficient (Wildman–Crippen LogP) is 4.50. The molecule has 2 aromatic heterocycles. The van der Waals surface area contributed by atoms with Crippen molar-refractivity contribution in [1.29, 1.82) is 0 Å². The van der Waals surface area contributed by atoms with Crippen LogP contribution in [0.1, 0.15) is 25.8 Å². The molecular weight excluding hydrogens is 329 g/mol. The maximum Gasteiger partial charge on any atom is 0.225 e. The summed E-state index contributed by atoms with van der Waals surface area (Å²) in [4.78, 5) is 13.5. The molecule has 6 heteroatoms. The first-order valence-electron chi connectivity index (χ1n) is 8.69. The van der Waals surface area contributed by atoms with E-state index in [1.165, 1.54) is 12.1 Å². The standard InChI is InChI=1S/C20H22FN5/c1-3-14(2)24-20-25-18(17-9-4-5-10-22-17)12-19(26-20)23-13-15-7-6-8-16(21)11-15/h4-12,14H,3,13H2,1-2H3,(H2,23,24,25,26)/t14-/m1/s1. The van der Waals surface area contributed by atoms with Gasteiger partial charge in [-0.1, -0.05) is 25.1 Å². The van der Waals surface area contributed by atoms with Crippen LogP contribution < -0.4 is 10.6 Å². The molecule has 0 fully saturated rings. The Bertz CT molecular complexity index is 854. The van der Waals surface area contributed by atoms with Crippen molar-refractivity contribution in [3.8, 4) is 11.4 Å². The van der Waals surface area contributed by atoms with Gasteiger partial charge in [-0.15, -0.1) is 0 Å². The number of nitrogens with one attached hydrogen (secondary N) is 2. The topological polar surface area (TPSA) is 62.7 Å². The molecule has 3 rings (SSSR count). The van der Waals surface area contributed by atoms with E-state index in [-0.39, 0.29) is 11.9 Å². The summed E-state index contributed by atoms with van der Waals surface area (Å²) in [6, 6.07) is 14.3. The average Bonchev–Trinajstić information content (AvgIpc) is 2.67. The van der Waals surface area contributed by atoms with E-state index >= 15 is 0 Å². The van der Waals surface area contributed by atoms with Crippen LogP contribution in [-0.4, -0.2) is 21.0 Å². The molecule has 0 aliphatic carbocycles. The highest BCUT2D eigenvalue weighted by molar-refractivity contribution is 5.61. The fraction of sp³-hybridized carbons (Fsp3) is 0.250. The van der Waals surface area contributed by atoms with Crippen molar-refractivity contribution in [2.45, 2.75) is 32.9 Å². The molecule has 0 bridgehead atoms. The molecule has 0 unspecified atom stereocenters. The summed E-state index contributed by atoms with van der Waals surface area (Å²) in [5.41, 5.74) is 2.35. The number of nitrogens with zero attached hydrogens (tertiary/aromatic N) is 3. The van der Waals surface area contributed by atoms with Crippen LogP contribution in [0.4, 0.5) is 16.2 Å². The van der Waals surface area contributed by atoms with Gasteiger partial charge in [0.05, 0.1) is 11.4 Å². The van der Waals surface area contributed by atoms with E-state index in [4.69, 9.17) is 0 Å². The molecule has 0 aliphatic heterocycles. The lowest BCUT2D eigenvalue weighted by Crippen LogP contribution is -2.16. The number of halogens is 1. The number of rotatable bonds is 7. The molecule has 134 valence electrons. The summed E-state index contributed by atoms with van der Waals surface area (Å²) < 4.78 is 13.4. The quantitative estimate of drug-likeness (QED) is 0.656. The average molecular weight is 351 g/mol. The zero-order valence-corrected chi connectivity index (χ0v) is 14.9. The van der Waals surface area contributed by atoms with Crippen LogP contribution in [0.3, 0.4) is 0 Å². The fourth-order valence-electron chi connectivity index (χ4n) is 2.41. The van der Waals surface area contributed by atoms with E-state index in [9.17, 15) is 4.39 Å². The molecule has 5 nitrogen and oxygen atoms in total. The van der Waals surface area contributed by atoms with Crippen molar-refractivity contribution in [2.24, 2.45) is 0 Å². The Morgan fingerprint density at radius 2 is 1.92 bits per heavy atom. The van der Waals surface area contributed by atoms with Crippen molar-refractivity contribution in [1.82, 2.24) is 15.0 Å². The molecule has 26 heavy (non-hydrogen) atoms. The van der Waals surface area contributed by atoms with Crippen molar-refractivity contribution in [3.63, 3.8) is 0 Å². The molecule has 1 aromatic carbocycles. The van der Waals surface area contributed by atoms with Gasteiger partial charge in [0.25, 0.3) is 0 Å². The van der Waals surface area contributed by atoms with Crippen LogP contribution in [0.2, 0.25) is 0 Å². The Hall–Kier alpha value is -3.02. The van der Waals surface area contributed by atoms with E-state index in [1.807, 2.05) is 30.3 Å². The van der Waals surface area contributed by atoms with Crippen molar-refractivity contribution in [3.05, 3.63) is 66.1 Å². The van der Waals surface area contributed by atoms with Gasteiger partial charge in [-0.2, -0.15) is 4.98 Å². The molecule has 0 saturated heterocycles. The van der Waals surface area contributed by atoms with Gasteiger partial charge in [0, 0.05) is 24.8 Å². The SMILES string of the molecule is CC[C@@H](C)Nc1nc(NCc2cccc(F)c2)cc(-c2ccccn2)n1. The first kappa shape index (κ1) is 17.8. The van der Waals surface area contributed by atoms with E-state index in [2.05, 4.69) is 39.4 Å². The maximum atomic E-state index is 13.4. The highest BCUT2D eigenvalue weighted by Gasteiger charge is 2.09. The van der Waals surface area contributed by atoms with Gasteiger partial charge in [-0.05, 0) is 43.2 Å². The van der Waals surface area contributed by atoms with Gasteiger partial charge in [0.15, 0.2) is 0 Å². The summed E-state index contributed by atoms with van der Waals surface area (Å²) in [7, 11) is 0. The molecule has 0 radical (unpaired) electrons. The van der Waals surface area contributed by atoms with Gasteiger partial charge in [-0.3, -0.25) is 4.98 Å². The van der Waals surface area contributed by atoms with Crippen molar-refractivity contribution in [2.75, 3.05) is 10.6 Å². The number of hydrogen-bond acceptors (Lipinski definition) is 5. The Balaban J connectivity index is 1.86. The second kappa shape index (κ2) is 8.38. The van der Waals surface area contributed by atoms with Crippen LogP contribution in [-0.2, 0) is 6.54 Å². The molecule has 0 aliphatic rings. The molecule has 2 N–H and O–H groups in total. The first-order valence-corrected chi connectivity index (χ1v) is 8.69. The molecule has 1 atom stereocenters. The summed E-state index contributed by atoms with van der Waals surface area (Å²) in [6.07, 6.45) is 2.70. The fourth-order valence-corrected chi connectivity index (χ4v) is 2.41. The van der Waals surface area contributed by atoms with E-state index in [0.29, 0.717) is 18.3 Å². The summed E-state index contributed by atoms with van der Waals surface area (Å²) in [5, 5.41) is 6.54. The Morgan fingerprint density at radius 1 is 1.04 bits per heavy atom. The summed E-state index contributed by atoms with van der Waals surface area (Å²) >= 11 is 0. The third-order valence-electron chi connectivity index (χ3n) is 4.00. The van der Waals surface area contributed by atoms with Gasteiger partial charge in [-0.25, -0.2) is 9.37 Å². The molecule has 3 aromatic rings. The van der Waals surface area contributed by atoms with Crippen LogP contribution in [0, 0.1) is 5.82 Å². The largest absolute Gasteiger partial charge is 0.366 e. The Labute approximate surface area is 152 Å². The van der Waals surface area contributed by atoms with E-state index in [0.717, 1.165) is 23.4 Å². The van der Waals surface area contributed by atoms with Gasteiger partial charge < -0.3 is 10.6 Å². The normalized spacial score (nSPS) is 11.8. The smallest absolute Gasteiger partial charge is 0.225 e. The van der Waals surface area contributed by atoms with Crippen LogP contribution in [0.5, 0.6) is 0 Å². The molecule has 0 amide bonds. The number of aromatic nitrogens is 3. The summed E-state index contributed by atoms with van der Waals surface area (Å²) in [5.74, 6) is 0.959. The number of benzene rings is 1. The minimum atomic E-state index is -0.250. The second-order valence-electron chi connectivity index (χ2n) is 6.11. The number of pyridine rings is 1. The van der Waals surface area contributed by atoms with Crippen LogP contribution >= 0.6 is 0 Å². The van der Waals surface area contributed by atoms with Crippen LogP contribution in [0.25, 0.3) is 11.4 Å². The third-order valence-corrected chi connectivity index (χ3v) is 4.00. The Morgan fingerprint density at radius 3 is 2.65 bits per heavy atom. The second-order valence-corrected chi connectivity index (χ2v) is 6.11. The van der Waals surface area contributed by atoms with E-state index < -0.39 is 0 Å². The molecule has 2 heterocycles. The zero-order chi connectivity index (χ0) is 18.4. The minimum absolute atomic E-state index is 0.250. The number of anilines is 2. The van der Waals surface area contributed by atoms with Crippen molar-refractivity contribution >= 4 is 11.8 Å². The third kappa shape index (κ3) is 4.75. The highest BCUT2D eigenvalue weighted by Crippen LogP contribution is 2.20. The monoisotopic (exact) mass is 351 g/mol. The maximum absolute atomic E-state index is 13.4. The highest BCUT2D eigenvalue weighted by atomic mass is 19.1. The van der Waals surface area contributed by atoms with E-state index in [1.54, 1.807) is 12.3 Å². The predicted molar refractivity (Wildman–Crippen MR) is 102 cm³/mol. The molecule has 0 spiro atoms. The van der Waals surface area contributed by atoms with Gasteiger partial charge >= 0.3 is 0 Å². The molecular formula is C20H22FN5. The molecule has 0 saturated carbocycles.